The van der Waals surface area contributed by atoms with Crippen LogP contribution in [0.3, 0.4) is 0 Å². The van der Waals surface area contributed by atoms with Crippen LogP contribution in [0.5, 0.6) is 0 Å². The lowest BCUT2D eigenvalue weighted by molar-refractivity contribution is -0.397. The highest BCUT2D eigenvalue weighted by molar-refractivity contribution is 9.10. The Hall–Kier alpha value is 0.0700. The Morgan fingerprint density at radius 2 is 0.875 bits per heavy atom. The number of alkyl halides is 2. The molecule has 2 spiro atoms. The predicted molar refractivity (Wildman–Crippen MR) is 112 cm³/mol. The van der Waals surface area contributed by atoms with E-state index in [0.717, 1.165) is 0 Å². The van der Waals surface area contributed by atoms with Gasteiger partial charge in [0.1, 0.15) is 0 Å². The van der Waals surface area contributed by atoms with Gasteiger partial charge in [-0.15, -0.1) is 0 Å². The highest BCUT2D eigenvalue weighted by Crippen LogP contribution is 3.02. The highest BCUT2D eigenvalue weighted by Gasteiger charge is 3.11. The Kier molecular flexibility index (Phi) is 2.02. The molecule has 168 valence electrons. The molecule has 12 atom stereocenters. The van der Waals surface area contributed by atoms with Gasteiger partial charge in [-0.1, -0.05) is 31.9 Å². The van der Waals surface area contributed by atoms with Gasteiger partial charge >= 0.3 is 6.03 Å². The Labute approximate surface area is 200 Å². The maximum absolute atomic E-state index is 13.4. The van der Waals surface area contributed by atoms with E-state index in [1.807, 2.05) is 0 Å². The first kappa shape index (κ1) is 16.7. The van der Waals surface area contributed by atoms with E-state index in [1.54, 1.807) is 0 Å². The van der Waals surface area contributed by atoms with Crippen LogP contribution in [-0.4, -0.2) is 63.8 Å². The van der Waals surface area contributed by atoms with Crippen LogP contribution in [0.4, 0.5) is 4.79 Å². The molecule has 2 heterocycles. The van der Waals surface area contributed by atoms with Crippen molar-refractivity contribution in [3.05, 3.63) is 0 Å². The average Bonchev–Trinajstić information content (AvgIpc) is 3.52. The van der Waals surface area contributed by atoms with Crippen LogP contribution in [0.1, 0.15) is 0 Å². The number of hydrogen-bond acceptors (Lipinski definition) is 5. The molecule has 12 aliphatic carbocycles. The van der Waals surface area contributed by atoms with Crippen molar-refractivity contribution in [1.29, 1.82) is 0 Å². The number of carbonyl (C=O) groups is 1. The third-order valence-electron chi connectivity index (χ3n) is 13.9. The Balaban J connectivity index is 0.850. The van der Waals surface area contributed by atoms with Crippen LogP contribution in [0.2, 0.25) is 0 Å². The molecule has 32 heavy (non-hydrogen) atoms. The third kappa shape index (κ3) is 0.921. The molecule has 0 radical (unpaired) electrons. The number of nitrogens with one attached hydrogen (secondary N) is 2. The van der Waals surface area contributed by atoms with Gasteiger partial charge in [0.05, 0.1) is 46.2 Å². The van der Waals surface area contributed by atoms with Crippen molar-refractivity contribution in [2.45, 2.75) is 31.3 Å². The van der Waals surface area contributed by atoms with E-state index in [0.29, 0.717) is 97.4 Å². The second kappa shape index (κ2) is 3.88. The van der Waals surface area contributed by atoms with Crippen molar-refractivity contribution in [1.82, 2.24) is 10.6 Å². The summed E-state index contributed by atoms with van der Waals surface area (Å²) in [5.74, 6) is 5.84. The molecule has 2 saturated heterocycles. The summed E-state index contributed by atoms with van der Waals surface area (Å²) in [4.78, 5) is 13.4. The molecule has 14 rings (SSSR count). The second-order valence-corrected chi connectivity index (χ2v) is 15.6. The van der Waals surface area contributed by atoms with Crippen LogP contribution in [0.25, 0.3) is 0 Å². The van der Waals surface area contributed by atoms with E-state index in [4.69, 9.17) is 18.9 Å². The fraction of sp³-hybridized carbons (Fsp3) is 0.957. The maximum atomic E-state index is 13.4. The van der Waals surface area contributed by atoms with E-state index in [-0.39, 0.29) is 25.8 Å². The van der Waals surface area contributed by atoms with Gasteiger partial charge in [-0.25, -0.2) is 4.79 Å². The molecule has 4 bridgehead atoms. The monoisotopic (exact) mass is 564 g/mol. The lowest BCUT2D eigenvalue weighted by Gasteiger charge is -2.92. The molecule has 2 aliphatic heterocycles. The predicted octanol–water partition coefficient (Wildman–Crippen LogP) is 1.05. The molecule has 2 amide bonds. The topological polar surface area (TPSA) is 78.1 Å². The summed E-state index contributed by atoms with van der Waals surface area (Å²) < 4.78 is 25.1. The SMILES string of the molecule is O=C(NC12C3[C@@H]4[C@H]1C1[C@@H]2[C@@H]3C4(Br)C12OCCO2)NC12C3[C@@H]4[C@H]1C1[C@H]2[C@@H]3C4(Br)C12OCCO2. The molecule has 9 heteroatoms. The van der Waals surface area contributed by atoms with Gasteiger partial charge in [-0.05, 0) is 59.2 Å². The van der Waals surface area contributed by atoms with E-state index in [9.17, 15) is 4.79 Å². The zero-order valence-electron chi connectivity index (χ0n) is 17.1. The third-order valence-corrected chi connectivity index (χ3v) is 17.2. The van der Waals surface area contributed by atoms with Crippen LogP contribution >= 0.6 is 31.9 Å². The van der Waals surface area contributed by atoms with Crippen molar-refractivity contribution in [3.8, 4) is 0 Å². The van der Waals surface area contributed by atoms with Gasteiger partial charge in [-0.2, -0.15) is 0 Å². The standard InChI is InChI=1S/C23H22Br2N2O5/c24-20-11-5-12(20)8-15(22(20)29-1-2-30-22)7(11)18(5,8)26-17(28)27-19-6-13-9(19)16-10(19)14(6)21(13,25)23(16)31-3-4-32-23/h5-16H,1-4H2,(H2,26,27,28)/t5?,6?,7-,8-,9-,10+,11+,12+,13+,14+,15?,16?,18?,19?,20?,21?/m0/s1. The summed E-state index contributed by atoms with van der Waals surface area (Å²) in [6.45, 7) is 2.81. The highest BCUT2D eigenvalue weighted by atomic mass is 79.9. The van der Waals surface area contributed by atoms with Crippen LogP contribution < -0.4 is 10.6 Å². The quantitative estimate of drug-likeness (QED) is 0.489. The number of hydrogen-bond donors (Lipinski definition) is 2. The molecule has 4 unspecified atom stereocenters. The zero-order chi connectivity index (χ0) is 20.6. The number of rotatable bonds is 2. The summed E-state index contributed by atoms with van der Waals surface area (Å²) in [6.07, 6.45) is 0. The van der Waals surface area contributed by atoms with Crippen LogP contribution in [0.15, 0.2) is 0 Å². The van der Waals surface area contributed by atoms with Crippen LogP contribution in [-0.2, 0) is 18.9 Å². The first-order valence-corrected chi connectivity index (χ1v) is 14.1. The first-order chi connectivity index (χ1) is 15.5. The summed E-state index contributed by atoms with van der Waals surface area (Å²) in [7, 11) is 0. The van der Waals surface area contributed by atoms with Gasteiger partial charge in [0.15, 0.2) is 11.6 Å². The minimum Gasteiger partial charge on any atom is -0.346 e. The van der Waals surface area contributed by atoms with E-state index in [1.165, 1.54) is 0 Å². The maximum Gasteiger partial charge on any atom is 0.315 e. The van der Waals surface area contributed by atoms with E-state index >= 15 is 0 Å². The molecule has 14 fully saturated rings. The molecule has 12 saturated carbocycles. The molecule has 14 aliphatic rings. The smallest absolute Gasteiger partial charge is 0.315 e. The summed E-state index contributed by atoms with van der Waals surface area (Å²) in [6, 6.07) is 0.0771. The van der Waals surface area contributed by atoms with Gasteiger partial charge in [0, 0.05) is 11.8 Å². The molecule has 7 nitrogen and oxygen atoms in total. The van der Waals surface area contributed by atoms with Gasteiger partial charge < -0.3 is 29.6 Å². The van der Waals surface area contributed by atoms with Crippen molar-refractivity contribution < 1.29 is 23.7 Å². The average molecular weight is 566 g/mol. The van der Waals surface area contributed by atoms with Crippen molar-refractivity contribution >= 4 is 37.9 Å². The normalized spacial score (nSPS) is 77.8. The largest absolute Gasteiger partial charge is 0.346 e. The Morgan fingerprint density at radius 3 is 1.22 bits per heavy atom. The fourth-order valence-electron chi connectivity index (χ4n) is 14.2. The summed E-state index contributed by atoms with van der Waals surface area (Å²) >= 11 is 8.23. The van der Waals surface area contributed by atoms with E-state index < -0.39 is 11.6 Å². The molecule has 0 aromatic heterocycles. The molecule has 2 N–H and O–H groups in total. The van der Waals surface area contributed by atoms with Crippen molar-refractivity contribution in [2.24, 2.45) is 71.0 Å². The fourth-order valence-corrected chi connectivity index (χ4v) is 17.4. The molecular formula is C23H22Br2N2O5. The second-order valence-electron chi connectivity index (χ2n) is 13.0. The van der Waals surface area contributed by atoms with Crippen molar-refractivity contribution in [3.63, 3.8) is 0 Å². The lowest BCUT2D eigenvalue weighted by atomic mass is 9.16. The van der Waals surface area contributed by atoms with E-state index in [2.05, 4.69) is 42.5 Å². The number of ether oxygens (including phenoxy) is 4. The summed E-state index contributed by atoms with van der Waals surface area (Å²) in [5, 5.41) is 7.13. The minimum absolute atomic E-state index is 0.0104. The first-order valence-electron chi connectivity index (χ1n) is 12.5. The number of halogens is 2. The van der Waals surface area contributed by atoms with Gasteiger partial charge in [-0.3, -0.25) is 0 Å². The Morgan fingerprint density at radius 1 is 0.562 bits per heavy atom. The molecule has 0 aromatic rings. The van der Waals surface area contributed by atoms with Crippen molar-refractivity contribution in [2.75, 3.05) is 26.4 Å². The number of amides is 2. The minimum atomic E-state index is -0.415. The molecular weight excluding hydrogens is 544 g/mol. The van der Waals surface area contributed by atoms with Gasteiger partial charge in [0.2, 0.25) is 0 Å². The number of carbonyl (C=O) groups excluding carboxylic acids is 1. The molecule has 0 aromatic carbocycles. The van der Waals surface area contributed by atoms with Gasteiger partial charge in [0.25, 0.3) is 0 Å². The Bertz CT molecular complexity index is 1020. The lowest BCUT2D eigenvalue weighted by Crippen LogP contribution is -3.02. The van der Waals surface area contributed by atoms with Crippen LogP contribution in [0, 0.1) is 71.0 Å². The summed E-state index contributed by atoms with van der Waals surface area (Å²) in [5.41, 5.74) is 0.0368. The number of urea groups is 1. The zero-order valence-corrected chi connectivity index (χ0v) is 20.2.